The van der Waals surface area contributed by atoms with Crippen LogP contribution in [0.15, 0.2) is 78.0 Å². The molecule has 1 amide bonds. The lowest BCUT2D eigenvalue weighted by molar-refractivity contribution is 0.0916. The van der Waals surface area contributed by atoms with Crippen molar-refractivity contribution in [2.24, 2.45) is 0 Å². The van der Waals surface area contributed by atoms with E-state index in [1.807, 2.05) is 54.8 Å². The summed E-state index contributed by atoms with van der Waals surface area (Å²) in [6, 6.07) is 18.6. The molecular weight excluding hydrogens is 344 g/mol. The van der Waals surface area contributed by atoms with Crippen LogP contribution in [0, 0.1) is 0 Å². The number of thioether (sulfide) groups is 1. The van der Waals surface area contributed by atoms with Crippen molar-refractivity contribution in [1.82, 2.24) is 10.3 Å². The van der Waals surface area contributed by atoms with E-state index in [4.69, 9.17) is 0 Å². The first-order valence-electron chi connectivity index (χ1n) is 8.27. The zero-order valence-electron chi connectivity index (χ0n) is 14.4. The highest BCUT2D eigenvalue weighted by molar-refractivity contribution is 7.98. The van der Waals surface area contributed by atoms with Gasteiger partial charge in [-0.05, 0) is 59.3 Å². The Morgan fingerprint density at radius 2 is 1.62 bits per heavy atom. The standard InChI is InChI=1S/C21H20N2O2S/c1-26-19-8-6-17(7-9-19)20(14-24)23-21(25)18-4-2-15(3-5-18)16-10-12-22-13-11-16/h2-13,20,24H,14H2,1H3,(H,23,25). The lowest BCUT2D eigenvalue weighted by Gasteiger charge is -2.17. The van der Waals surface area contributed by atoms with E-state index in [0.29, 0.717) is 5.56 Å². The topological polar surface area (TPSA) is 62.2 Å². The molecule has 0 saturated carbocycles. The molecule has 1 aromatic heterocycles. The summed E-state index contributed by atoms with van der Waals surface area (Å²) in [6.45, 7) is -0.153. The minimum absolute atomic E-state index is 0.153. The van der Waals surface area contributed by atoms with E-state index in [1.165, 1.54) is 0 Å². The Balaban J connectivity index is 1.71. The molecule has 132 valence electrons. The Morgan fingerprint density at radius 1 is 1.00 bits per heavy atom. The predicted octanol–water partition coefficient (Wildman–Crippen LogP) is 3.93. The van der Waals surface area contributed by atoms with E-state index in [2.05, 4.69) is 10.3 Å². The van der Waals surface area contributed by atoms with E-state index in [9.17, 15) is 9.90 Å². The molecule has 0 saturated heterocycles. The summed E-state index contributed by atoms with van der Waals surface area (Å²) in [5.74, 6) is -0.209. The number of benzene rings is 2. The van der Waals surface area contributed by atoms with E-state index in [1.54, 1.807) is 36.3 Å². The van der Waals surface area contributed by atoms with Gasteiger partial charge in [-0.2, -0.15) is 0 Å². The second-order valence-electron chi connectivity index (χ2n) is 5.80. The highest BCUT2D eigenvalue weighted by Crippen LogP contribution is 2.21. The third-order valence-electron chi connectivity index (χ3n) is 4.17. The van der Waals surface area contributed by atoms with Crippen LogP contribution in [0.25, 0.3) is 11.1 Å². The maximum atomic E-state index is 12.5. The first kappa shape index (κ1) is 18.2. The highest BCUT2D eigenvalue weighted by atomic mass is 32.2. The number of aliphatic hydroxyl groups is 1. The summed E-state index contributed by atoms with van der Waals surface area (Å²) in [6.07, 6.45) is 5.49. The number of pyridine rings is 1. The molecule has 0 radical (unpaired) electrons. The van der Waals surface area contributed by atoms with Gasteiger partial charge in [-0.25, -0.2) is 0 Å². The molecule has 0 spiro atoms. The fourth-order valence-corrected chi connectivity index (χ4v) is 3.08. The molecule has 4 nitrogen and oxygen atoms in total. The Hall–Kier alpha value is -2.63. The molecule has 0 bridgehead atoms. The summed E-state index contributed by atoms with van der Waals surface area (Å²) in [5, 5.41) is 12.6. The van der Waals surface area contributed by atoms with Crippen molar-refractivity contribution in [2.75, 3.05) is 12.9 Å². The Labute approximate surface area is 157 Å². The molecular formula is C21H20N2O2S. The smallest absolute Gasteiger partial charge is 0.251 e. The van der Waals surface area contributed by atoms with Crippen LogP contribution < -0.4 is 5.32 Å². The fourth-order valence-electron chi connectivity index (χ4n) is 2.67. The number of nitrogens with zero attached hydrogens (tertiary/aromatic N) is 1. The molecule has 2 N–H and O–H groups in total. The maximum Gasteiger partial charge on any atom is 0.251 e. The zero-order valence-corrected chi connectivity index (χ0v) is 15.2. The van der Waals surface area contributed by atoms with Crippen LogP contribution in [-0.2, 0) is 0 Å². The highest BCUT2D eigenvalue weighted by Gasteiger charge is 2.15. The normalized spacial score (nSPS) is 11.8. The van der Waals surface area contributed by atoms with Gasteiger partial charge in [0, 0.05) is 22.9 Å². The van der Waals surface area contributed by atoms with Gasteiger partial charge < -0.3 is 10.4 Å². The molecule has 5 heteroatoms. The van der Waals surface area contributed by atoms with Crippen molar-refractivity contribution in [3.05, 3.63) is 84.2 Å². The SMILES string of the molecule is CSc1ccc(C(CO)NC(=O)c2ccc(-c3ccncc3)cc2)cc1. The van der Waals surface area contributed by atoms with Gasteiger partial charge in [-0.1, -0.05) is 24.3 Å². The number of nitrogens with one attached hydrogen (secondary N) is 1. The molecule has 1 unspecified atom stereocenters. The molecule has 0 fully saturated rings. The van der Waals surface area contributed by atoms with E-state index in [0.717, 1.165) is 21.6 Å². The van der Waals surface area contributed by atoms with Gasteiger partial charge in [-0.3, -0.25) is 9.78 Å². The third kappa shape index (κ3) is 4.31. The Kier molecular flexibility index (Phi) is 6.04. The van der Waals surface area contributed by atoms with Crippen molar-refractivity contribution < 1.29 is 9.90 Å². The molecule has 1 heterocycles. The number of aliphatic hydroxyl groups excluding tert-OH is 1. The van der Waals surface area contributed by atoms with Gasteiger partial charge in [0.1, 0.15) is 0 Å². The van der Waals surface area contributed by atoms with Gasteiger partial charge in [0.15, 0.2) is 0 Å². The van der Waals surface area contributed by atoms with Crippen molar-refractivity contribution in [3.63, 3.8) is 0 Å². The summed E-state index contributed by atoms with van der Waals surface area (Å²) >= 11 is 1.65. The van der Waals surface area contributed by atoms with Crippen molar-refractivity contribution in [3.8, 4) is 11.1 Å². The average molecular weight is 364 g/mol. The number of hydrogen-bond donors (Lipinski definition) is 2. The maximum absolute atomic E-state index is 12.5. The van der Waals surface area contributed by atoms with Crippen LogP contribution in [0.5, 0.6) is 0 Å². The van der Waals surface area contributed by atoms with Gasteiger partial charge in [0.05, 0.1) is 12.6 Å². The average Bonchev–Trinajstić information content (AvgIpc) is 2.72. The van der Waals surface area contributed by atoms with Gasteiger partial charge in [0.2, 0.25) is 0 Å². The van der Waals surface area contributed by atoms with Crippen LogP contribution in [0.4, 0.5) is 0 Å². The molecule has 3 aromatic rings. The number of hydrogen-bond acceptors (Lipinski definition) is 4. The van der Waals surface area contributed by atoms with Gasteiger partial charge in [0.25, 0.3) is 5.91 Å². The lowest BCUT2D eigenvalue weighted by Crippen LogP contribution is -2.30. The van der Waals surface area contributed by atoms with Crippen LogP contribution in [0.1, 0.15) is 22.0 Å². The van der Waals surface area contributed by atoms with Gasteiger partial charge in [-0.15, -0.1) is 11.8 Å². The number of rotatable bonds is 6. The fraction of sp³-hybridized carbons (Fsp3) is 0.143. The molecule has 26 heavy (non-hydrogen) atoms. The van der Waals surface area contributed by atoms with E-state index < -0.39 is 6.04 Å². The second-order valence-corrected chi connectivity index (χ2v) is 6.67. The lowest BCUT2D eigenvalue weighted by atomic mass is 10.0. The monoisotopic (exact) mass is 364 g/mol. The van der Waals surface area contributed by atoms with Crippen molar-refractivity contribution in [2.45, 2.75) is 10.9 Å². The van der Waals surface area contributed by atoms with E-state index in [-0.39, 0.29) is 12.5 Å². The Bertz CT molecular complexity index is 849. The summed E-state index contributed by atoms with van der Waals surface area (Å²) < 4.78 is 0. The summed E-state index contributed by atoms with van der Waals surface area (Å²) in [4.78, 5) is 17.7. The number of carbonyl (C=O) groups is 1. The molecule has 3 rings (SSSR count). The summed E-state index contributed by atoms with van der Waals surface area (Å²) in [7, 11) is 0. The van der Waals surface area contributed by atoms with Crippen LogP contribution in [0.2, 0.25) is 0 Å². The quantitative estimate of drug-likeness (QED) is 0.651. The predicted molar refractivity (Wildman–Crippen MR) is 105 cm³/mol. The minimum Gasteiger partial charge on any atom is -0.394 e. The van der Waals surface area contributed by atoms with Crippen LogP contribution in [0.3, 0.4) is 0 Å². The molecule has 0 aliphatic rings. The first-order valence-corrected chi connectivity index (χ1v) is 9.50. The zero-order chi connectivity index (χ0) is 18.4. The molecule has 2 aromatic carbocycles. The molecule has 0 aliphatic carbocycles. The van der Waals surface area contributed by atoms with Crippen molar-refractivity contribution >= 4 is 17.7 Å². The van der Waals surface area contributed by atoms with Crippen LogP contribution in [-0.4, -0.2) is 28.9 Å². The molecule has 0 aliphatic heterocycles. The largest absolute Gasteiger partial charge is 0.394 e. The minimum atomic E-state index is -0.432. The van der Waals surface area contributed by atoms with Gasteiger partial charge >= 0.3 is 0 Å². The summed E-state index contributed by atoms with van der Waals surface area (Å²) in [5.41, 5.74) is 3.51. The van der Waals surface area contributed by atoms with E-state index >= 15 is 0 Å². The third-order valence-corrected chi connectivity index (χ3v) is 4.91. The second kappa shape index (κ2) is 8.65. The number of amides is 1. The number of carbonyl (C=O) groups excluding carboxylic acids is 1. The van der Waals surface area contributed by atoms with Crippen molar-refractivity contribution in [1.29, 1.82) is 0 Å². The number of aromatic nitrogens is 1. The first-order chi connectivity index (χ1) is 12.7. The Morgan fingerprint density at radius 3 is 2.19 bits per heavy atom. The molecule has 1 atom stereocenters. The van der Waals surface area contributed by atoms with Crippen LogP contribution >= 0.6 is 11.8 Å².